The van der Waals surface area contributed by atoms with E-state index in [0.717, 1.165) is 27.9 Å². The van der Waals surface area contributed by atoms with Crippen LogP contribution >= 0.6 is 0 Å². The molecule has 0 bridgehead atoms. The second kappa shape index (κ2) is 5.53. The van der Waals surface area contributed by atoms with Gasteiger partial charge in [0.15, 0.2) is 5.82 Å². The molecule has 7 heteroatoms. The van der Waals surface area contributed by atoms with Gasteiger partial charge in [-0.25, -0.2) is 0 Å². The molecule has 2 heterocycles. The number of tetrazole rings is 1. The quantitative estimate of drug-likeness (QED) is 0.623. The number of fused-ring (bicyclic) bond motifs is 3. The molecule has 1 N–H and O–H groups in total. The molecule has 0 unspecified atom stereocenters. The Balaban J connectivity index is 1.75. The first kappa shape index (κ1) is 13.4. The van der Waals surface area contributed by atoms with Crippen molar-refractivity contribution in [2.45, 2.75) is 6.54 Å². The number of benzene rings is 2. The fraction of sp³-hybridized carbons (Fsp3) is 0.125. The zero-order valence-electron chi connectivity index (χ0n) is 12.5. The lowest BCUT2D eigenvalue weighted by molar-refractivity contribution is 0.410. The van der Waals surface area contributed by atoms with Crippen LogP contribution in [0.2, 0.25) is 0 Å². The SMILES string of the molecule is COc1ccccc1CNc1nn2nnnc2c2ccccc12. The van der Waals surface area contributed by atoms with Gasteiger partial charge in [0.25, 0.3) is 0 Å². The highest BCUT2D eigenvalue weighted by atomic mass is 16.5. The van der Waals surface area contributed by atoms with E-state index in [9.17, 15) is 0 Å². The monoisotopic (exact) mass is 306 g/mol. The van der Waals surface area contributed by atoms with E-state index >= 15 is 0 Å². The lowest BCUT2D eigenvalue weighted by atomic mass is 10.1. The Hall–Kier alpha value is -3.22. The largest absolute Gasteiger partial charge is 0.496 e. The maximum Gasteiger partial charge on any atom is 0.207 e. The van der Waals surface area contributed by atoms with E-state index in [-0.39, 0.29) is 0 Å². The fourth-order valence-corrected chi connectivity index (χ4v) is 2.60. The summed E-state index contributed by atoms with van der Waals surface area (Å²) in [5.41, 5.74) is 1.70. The summed E-state index contributed by atoms with van der Waals surface area (Å²) in [5.74, 6) is 1.57. The molecule has 0 fully saturated rings. The summed E-state index contributed by atoms with van der Waals surface area (Å²) in [6.45, 7) is 0.592. The molecular formula is C16H14N6O. The van der Waals surface area contributed by atoms with Crippen molar-refractivity contribution in [1.29, 1.82) is 0 Å². The Kier molecular flexibility index (Phi) is 3.23. The highest BCUT2D eigenvalue weighted by Crippen LogP contribution is 2.25. The van der Waals surface area contributed by atoms with Gasteiger partial charge in [-0.05, 0) is 16.5 Å². The number of hydrogen-bond acceptors (Lipinski definition) is 6. The van der Waals surface area contributed by atoms with Crippen molar-refractivity contribution >= 4 is 22.2 Å². The predicted octanol–water partition coefficient (Wildman–Crippen LogP) is 2.29. The van der Waals surface area contributed by atoms with Gasteiger partial charge in [-0.15, -0.1) is 14.8 Å². The van der Waals surface area contributed by atoms with Gasteiger partial charge >= 0.3 is 0 Å². The predicted molar refractivity (Wildman–Crippen MR) is 86.4 cm³/mol. The summed E-state index contributed by atoms with van der Waals surface area (Å²) in [5, 5.41) is 21.4. The molecule has 2 aromatic carbocycles. The molecule has 2 aromatic heterocycles. The first-order valence-electron chi connectivity index (χ1n) is 7.20. The number of rotatable bonds is 4. The van der Waals surface area contributed by atoms with Crippen LogP contribution < -0.4 is 10.1 Å². The highest BCUT2D eigenvalue weighted by Gasteiger charge is 2.11. The van der Waals surface area contributed by atoms with Gasteiger partial charge in [-0.3, -0.25) is 0 Å². The first-order chi connectivity index (χ1) is 11.4. The van der Waals surface area contributed by atoms with Crippen LogP contribution in [0.25, 0.3) is 16.4 Å². The van der Waals surface area contributed by atoms with E-state index in [1.165, 1.54) is 4.63 Å². The maximum absolute atomic E-state index is 5.38. The molecule has 23 heavy (non-hydrogen) atoms. The minimum Gasteiger partial charge on any atom is -0.496 e. The minimum absolute atomic E-state index is 0.592. The van der Waals surface area contributed by atoms with Crippen molar-refractivity contribution in [1.82, 2.24) is 25.3 Å². The van der Waals surface area contributed by atoms with Gasteiger partial charge < -0.3 is 10.1 Å². The van der Waals surface area contributed by atoms with Crippen molar-refractivity contribution in [2.75, 3.05) is 12.4 Å². The Morgan fingerprint density at radius 1 is 1.04 bits per heavy atom. The molecule has 0 atom stereocenters. The smallest absolute Gasteiger partial charge is 0.207 e. The molecule has 0 radical (unpaired) electrons. The van der Waals surface area contributed by atoms with E-state index in [2.05, 4.69) is 25.9 Å². The topological polar surface area (TPSA) is 77.2 Å². The lowest BCUT2D eigenvalue weighted by Crippen LogP contribution is -2.07. The van der Waals surface area contributed by atoms with Gasteiger partial charge in [-0.1, -0.05) is 42.5 Å². The van der Waals surface area contributed by atoms with E-state index in [1.807, 2.05) is 48.5 Å². The summed E-state index contributed by atoms with van der Waals surface area (Å²) < 4.78 is 6.82. The van der Waals surface area contributed by atoms with Gasteiger partial charge in [0.05, 0.1) is 7.11 Å². The van der Waals surface area contributed by atoms with E-state index in [1.54, 1.807) is 7.11 Å². The van der Waals surface area contributed by atoms with Gasteiger partial charge in [0.2, 0.25) is 5.65 Å². The Bertz CT molecular complexity index is 981. The number of nitrogens with zero attached hydrogens (tertiary/aromatic N) is 5. The van der Waals surface area contributed by atoms with Crippen LogP contribution in [0.4, 0.5) is 5.82 Å². The van der Waals surface area contributed by atoms with Crippen molar-refractivity contribution in [2.24, 2.45) is 0 Å². The number of nitrogens with one attached hydrogen (secondary N) is 1. The van der Waals surface area contributed by atoms with Crippen molar-refractivity contribution < 1.29 is 4.74 Å². The average Bonchev–Trinajstić information content (AvgIpc) is 3.08. The third-order valence-electron chi connectivity index (χ3n) is 3.71. The fourth-order valence-electron chi connectivity index (χ4n) is 2.60. The second-order valence-electron chi connectivity index (χ2n) is 5.05. The Morgan fingerprint density at radius 3 is 2.70 bits per heavy atom. The van der Waals surface area contributed by atoms with Crippen LogP contribution in [-0.4, -0.2) is 32.4 Å². The summed E-state index contributed by atoms with van der Waals surface area (Å²) in [7, 11) is 1.67. The number of methoxy groups -OCH3 is 1. The molecule has 0 saturated heterocycles. The Morgan fingerprint density at radius 2 is 1.83 bits per heavy atom. The molecule has 0 aliphatic carbocycles. The van der Waals surface area contributed by atoms with Crippen molar-refractivity contribution in [3.63, 3.8) is 0 Å². The average molecular weight is 306 g/mol. The Labute approximate surface area is 131 Å². The number of ether oxygens (including phenoxy) is 1. The van der Waals surface area contributed by atoms with Crippen LogP contribution in [-0.2, 0) is 6.54 Å². The van der Waals surface area contributed by atoms with Crippen molar-refractivity contribution in [3.8, 4) is 5.75 Å². The molecule has 0 aliphatic rings. The summed E-state index contributed by atoms with van der Waals surface area (Å²) >= 11 is 0. The minimum atomic E-state index is 0.592. The van der Waals surface area contributed by atoms with Crippen LogP contribution in [0.15, 0.2) is 48.5 Å². The molecule has 0 aliphatic heterocycles. The lowest BCUT2D eigenvalue weighted by Gasteiger charge is -2.11. The van der Waals surface area contributed by atoms with Gasteiger partial charge in [0.1, 0.15) is 5.75 Å². The molecule has 0 saturated carbocycles. The van der Waals surface area contributed by atoms with Crippen LogP contribution in [0.1, 0.15) is 5.56 Å². The number of hydrogen-bond donors (Lipinski definition) is 1. The number of para-hydroxylation sites is 1. The first-order valence-corrected chi connectivity index (χ1v) is 7.20. The van der Waals surface area contributed by atoms with Crippen molar-refractivity contribution in [3.05, 3.63) is 54.1 Å². The third-order valence-corrected chi connectivity index (χ3v) is 3.71. The van der Waals surface area contributed by atoms with E-state index in [4.69, 9.17) is 4.74 Å². The van der Waals surface area contributed by atoms with Gasteiger partial charge in [0, 0.05) is 22.9 Å². The molecule has 4 rings (SSSR count). The zero-order valence-corrected chi connectivity index (χ0v) is 12.5. The molecule has 0 spiro atoms. The van der Waals surface area contributed by atoms with Crippen LogP contribution in [0, 0.1) is 0 Å². The molecule has 4 aromatic rings. The maximum atomic E-state index is 5.38. The van der Waals surface area contributed by atoms with E-state index < -0.39 is 0 Å². The molecular weight excluding hydrogens is 292 g/mol. The summed E-state index contributed by atoms with van der Waals surface area (Å²) in [6, 6.07) is 15.8. The number of anilines is 1. The molecule has 0 amide bonds. The standard InChI is InChI=1S/C16H14N6O/c1-23-14-9-5-2-6-11(14)10-17-15-12-7-3-4-8-13(12)16-18-20-21-22(16)19-15/h2-9H,10H2,1H3,(H,17,19). The summed E-state index contributed by atoms with van der Waals surface area (Å²) in [6.07, 6.45) is 0. The summed E-state index contributed by atoms with van der Waals surface area (Å²) in [4.78, 5) is 0. The highest BCUT2D eigenvalue weighted by molar-refractivity contribution is 5.99. The zero-order chi connectivity index (χ0) is 15.6. The number of aromatic nitrogens is 5. The third kappa shape index (κ3) is 2.32. The second-order valence-corrected chi connectivity index (χ2v) is 5.05. The molecule has 114 valence electrons. The van der Waals surface area contributed by atoms with E-state index in [0.29, 0.717) is 12.2 Å². The van der Waals surface area contributed by atoms with Crippen LogP contribution in [0.5, 0.6) is 5.75 Å². The van der Waals surface area contributed by atoms with Gasteiger partial charge in [-0.2, -0.15) is 0 Å². The molecule has 7 nitrogen and oxygen atoms in total. The normalized spacial score (nSPS) is 11.0. The van der Waals surface area contributed by atoms with Crippen LogP contribution in [0.3, 0.4) is 0 Å².